The fraction of sp³-hybridized carbons (Fsp3) is 0.545. The van der Waals surface area contributed by atoms with Gasteiger partial charge in [0.25, 0.3) is 0 Å². The maximum absolute atomic E-state index is 10.9. The molecule has 6 heteroatoms. The lowest BCUT2D eigenvalue weighted by Crippen LogP contribution is -2.45. The van der Waals surface area contributed by atoms with E-state index in [9.17, 15) is 4.79 Å². The number of aromatic nitrogens is 2. The number of rotatable bonds is 5. The van der Waals surface area contributed by atoms with E-state index < -0.39 is 5.97 Å². The molecule has 0 radical (unpaired) electrons. The Kier molecular flexibility index (Phi) is 3.23. The highest BCUT2D eigenvalue weighted by Crippen LogP contribution is 2.35. The molecular formula is C11H15N3O3. The van der Waals surface area contributed by atoms with Gasteiger partial charge in [0.05, 0.1) is 5.60 Å². The summed E-state index contributed by atoms with van der Waals surface area (Å²) >= 11 is 0. The quantitative estimate of drug-likeness (QED) is 0.799. The van der Waals surface area contributed by atoms with Crippen molar-refractivity contribution in [3.05, 3.63) is 18.1 Å². The Bertz CT molecular complexity index is 413. The Morgan fingerprint density at radius 1 is 1.53 bits per heavy atom. The first-order chi connectivity index (χ1) is 8.17. The van der Waals surface area contributed by atoms with Crippen LogP contribution >= 0.6 is 0 Å². The lowest BCUT2D eigenvalue weighted by Gasteiger charge is -2.40. The monoisotopic (exact) mass is 237 g/mol. The summed E-state index contributed by atoms with van der Waals surface area (Å²) < 4.78 is 5.44. The third-order valence-electron chi connectivity index (χ3n) is 3.18. The van der Waals surface area contributed by atoms with Crippen molar-refractivity contribution in [3.8, 4) is 0 Å². The van der Waals surface area contributed by atoms with Crippen LogP contribution in [0.1, 0.15) is 29.8 Å². The highest BCUT2D eigenvalue weighted by molar-refractivity contribution is 5.90. The Morgan fingerprint density at radius 2 is 2.24 bits per heavy atom. The molecule has 1 aromatic rings. The molecule has 92 valence electrons. The number of methoxy groups -OCH3 is 1. The van der Waals surface area contributed by atoms with Crippen LogP contribution in [0.3, 0.4) is 0 Å². The molecule has 1 saturated carbocycles. The summed E-state index contributed by atoms with van der Waals surface area (Å²) in [6, 6.07) is 0. The van der Waals surface area contributed by atoms with Gasteiger partial charge in [0.2, 0.25) is 0 Å². The van der Waals surface area contributed by atoms with E-state index in [4.69, 9.17) is 9.84 Å². The number of hydrogen-bond donors (Lipinski definition) is 2. The van der Waals surface area contributed by atoms with Gasteiger partial charge in [-0.25, -0.2) is 14.8 Å². The summed E-state index contributed by atoms with van der Waals surface area (Å²) in [5.74, 6) is -0.788. The Labute approximate surface area is 99.0 Å². The highest BCUT2D eigenvalue weighted by atomic mass is 16.5. The van der Waals surface area contributed by atoms with Gasteiger partial charge >= 0.3 is 5.97 Å². The number of ether oxygens (including phenoxy) is 1. The van der Waals surface area contributed by atoms with Crippen LogP contribution in [0.2, 0.25) is 0 Å². The summed E-state index contributed by atoms with van der Waals surface area (Å²) in [4.78, 5) is 18.7. The minimum absolute atomic E-state index is 0.0573. The molecule has 2 rings (SSSR count). The summed E-state index contributed by atoms with van der Waals surface area (Å²) in [6.45, 7) is 0.558. The topological polar surface area (TPSA) is 84.3 Å². The molecule has 0 atom stereocenters. The van der Waals surface area contributed by atoms with Crippen molar-refractivity contribution in [1.82, 2.24) is 9.97 Å². The smallest absolute Gasteiger partial charge is 0.358 e. The second kappa shape index (κ2) is 4.67. The summed E-state index contributed by atoms with van der Waals surface area (Å²) in [5.41, 5.74) is -0.231. The molecule has 0 aliphatic heterocycles. The van der Waals surface area contributed by atoms with Crippen LogP contribution in [-0.4, -0.2) is 40.3 Å². The van der Waals surface area contributed by atoms with E-state index in [0.29, 0.717) is 12.4 Å². The van der Waals surface area contributed by atoms with E-state index >= 15 is 0 Å². The van der Waals surface area contributed by atoms with E-state index in [1.807, 2.05) is 0 Å². The number of nitrogens with zero attached hydrogens (tertiary/aromatic N) is 2. The van der Waals surface area contributed by atoms with Crippen molar-refractivity contribution in [1.29, 1.82) is 0 Å². The maximum Gasteiger partial charge on any atom is 0.358 e. The molecular weight excluding hydrogens is 222 g/mol. The second-order valence-electron chi connectivity index (χ2n) is 4.15. The predicted octanol–water partition coefficient (Wildman–Crippen LogP) is 1.16. The SMILES string of the molecule is COC1(CNc2nccnc2C(=O)O)CCC1. The highest BCUT2D eigenvalue weighted by Gasteiger charge is 2.37. The molecule has 0 bridgehead atoms. The number of carboxylic acid groups (broad SMARTS) is 1. The third-order valence-corrected chi connectivity index (χ3v) is 3.18. The molecule has 1 fully saturated rings. The van der Waals surface area contributed by atoms with Crippen LogP contribution in [0.15, 0.2) is 12.4 Å². The molecule has 2 N–H and O–H groups in total. The van der Waals surface area contributed by atoms with Gasteiger partial charge in [-0.2, -0.15) is 0 Å². The number of anilines is 1. The van der Waals surface area contributed by atoms with Crippen molar-refractivity contribution < 1.29 is 14.6 Å². The zero-order chi connectivity index (χ0) is 12.3. The first-order valence-corrected chi connectivity index (χ1v) is 5.50. The largest absolute Gasteiger partial charge is 0.476 e. The lowest BCUT2D eigenvalue weighted by molar-refractivity contribution is -0.0601. The predicted molar refractivity (Wildman–Crippen MR) is 61.1 cm³/mol. The fourth-order valence-corrected chi connectivity index (χ4v) is 1.89. The average molecular weight is 237 g/mol. The standard InChI is InChI=1S/C11H15N3O3/c1-17-11(3-2-4-11)7-14-9-8(10(15)16)12-5-6-13-9/h5-6H,2-4,7H2,1H3,(H,13,14)(H,15,16). The number of aromatic carboxylic acids is 1. The minimum atomic E-state index is -1.08. The van der Waals surface area contributed by atoms with Crippen molar-refractivity contribution in [2.45, 2.75) is 24.9 Å². The van der Waals surface area contributed by atoms with Crippen molar-refractivity contribution in [2.75, 3.05) is 19.0 Å². The van der Waals surface area contributed by atoms with E-state index in [1.54, 1.807) is 7.11 Å². The van der Waals surface area contributed by atoms with Gasteiger partial charge in [-0.15, -0.1) is 0 Å². The number of hydrogen-bond acceptors (Lipinski definition) is 5. The van der Waals surface area contributed by atoms with Crippen molar-refractivity contribution >= 4 is 11.8 Å². The molecule has 0 amide bonds. The molecule has 1 aromatic heterocycles. The Hall–Kier alpha value is -1.69. The zero-order valence-electron chi connectivity index (χ0n) is 9.64. The molecule has 0 spiro atoms. The summed E-state index contributed by atoms with van der Waals surface area (Å²) in [6.07, 6.45) is 5.94. The van der Waals surface area contributed by atoms with Crippen LogP contribution in [0.5, 0.6) is 0 Å². The van der Waals surface area contributed by atoms with Crippen LogP contribution in [-0.2, 0) is 4.74 Å². The molecule has 1 heterocycles. The Balaban J connectivity index is 2.06. The minimum Gasteiger partial charge on any atom is -0.476 e. The average Bonchev–Trinajstić information content (AvgIpc) is 2.28. The van der Waals surface area contributed by atoms with Gasteiger partial charge in [0.1, 0.15) is 0 Å². The normalized spacial score (nSPS) is 17.2. The first-order valence-electron chi connectivity index (χ1n) is 5.50. The van der Waals surface area contributed by atoms with E-state index in [-0.39, 0.29) is 11.3 Å². The fourth-order valence-electron chi connectivity index (χ4n) is 1.89. The molecule has 6 nitrogen and oxygen atoms in total. The molecule has 17 heavy (non-hydrogen) atoms. The third kappa shape index (κ3) is 2.36. The van der Waals surface area contributed by atoms with Gasteiger partial charge in [0.15, 0.2) is 11.5 Å². The van der Waals surface area contributed by atoms with E-state index in [2.05, 4.69) is 15.3 Å². The molecule has 1 aliphatic rings. The second-order valence-corrected chi connectivity index (χ2v) is 4.15. The Morgan fingerprint density at radius 3 is 2.76 bits per heavy atom. The maximum atomic E-state index is 10.9. The number of carboxylic acids is 1. The number of carbonyl (C=O) groups is 1. The van der Waals surface area contributed by atoms with Gasteiger partial charge in [-0.05, 0) is 19.3 Å². The van der Waals surface area contributed by atoms with Gasteiger partial charge < -0.3 is 15.2 Å². The van der Waals surface area contributed by atoms with Crippen LogP contribution in [0.25, 0.3) is 0 Å². The van der Waals surface area contributed by atoms with Gasteiger partial charge in [-0.1, -0.05) is 0 Å². The van der Waals surface area contributed by atoms with Crippen molar-refractivity contribution in [2.24, 2.45) is 0 Å². The van der Waals surface area contributed by atoms with E-state index in [0.717, 1.165) is 19.3 Å². The summed E-state index contributed by atoms with van der Waals surface area (Å²) in [7, 11) is 1.68. The van der Waals surface area contributed by atoms with Gasteiger partial charge in [0, 0.05) is 26.0 Å². The molecule has 0 aromatic carbocycles. The first kappa shape index (κ1) is 11.8. The summed E-state index contributed by atoms with van der Waals surface area (Å²) in [5, 5.41) is 12.0. The van der Waals surface area contributed by atoms with Crippen LogP contribution in [0, 0.1) is 0 Å². The van der Waals surface area contributed by atoms with E-state index in [1.165, 1.54) is 12.4 Å². The number of nitrogens with one attached hydrogen (secondary N) is 1. The van der Waals surface area contributed by atoms with Crippen LogP contribution < -0.4 is 5.32 Å². The molecule has 0 unspecified atom stereocenters. The molecule has 1 aliphatic carbocycles. The molecule has 0 saturated heterocycles. The van der Waals surface area contributed by atoms with Crippen LogP contribution in [0.4, 0.5) is 5.82 Å². The lowest BCUT2D eigenvalue weighted by atomic mass is 9.80. The van der Waals surface area contributed by atoms with Gasteiger partial charge in [-0.3, -0.25) is 0 Å². The van der Waals surface area contributed by atoms with Crippen molar-refractivity contribution in [3.63, 3.8) is 0 Å². The zero-order valence-corrected chi connectivity index (χ0v) is 9.64.